The van der Waals surface area contributed by atoms with Crippen molar-refractivity contribution in [1.29, 1.82) is 0 Å². The van der Waals surface area contributed by atoms with Crippen molar-refractivity contribution in [3.05, 3.63) is 62.8 Å². The summed E-state index contributed by atoms with van der Waals surface area (Å²) in [5.41, 5.74) is 1.47. The zero-order chi connectivity index (χ0) is 14.3. The van der Waals surface area contributed by atoms with Crippen LogP contribution in [0.25, 0.3) is 0 Å². The zero-order valence-corrected chi connectivity index (χ0v) is 12.7. The quantitative estimate of drug-likeness (QED) is 0.794. The van der Waals surface area contributed by atoms with Crippen molar-refractivity contribution in [2.24, 2.45) is 0 Å². The van der Waals surface area contributed by atoms with Gasteiger partial charge in [-0.25, -0.2) is 4.39 Å². The van der Waals surface area contributed by atoms with Crippen LogP contribution in [0.15, 0.2) is 40.9 Å². The summed E-state index contributed by atoms with van der Waals surface area (Å²) in [7, 11) is 0. The maximum absolute atomic E-state index is 13.3. The Morgan fingerprint density at radius 2 is 2.05 bits per heavy atom. The highest BCUT2D eigenvalue weighted by Gasteiger charge is 2.28. The molecule has 0 saturated heterocycles. The van der Waals surface area contributed by atoms with E-state index in [2.05, 4.69) is 15.9 Å². The van der Waals surface area contributed by atoms with Crippen molar-refractivity contribution in [1.82, 2.24) is 0 Å². The molecule has 2 aromatic carbocycles. The third kappa shape index (κ3) is 2.55. The van der Waals surface area contributed by atoms with Gasteiger partial charge in [-0.2, -0.15) is 0 Å². The normalized spacial score (nSPS) is 21.2. The van der Waals surface area contributed by atoms with Crippen molar-refractivity contribution in [2.75, 3.05) is 0 Å². The van der Waals surface area contributed by atoms with E-state index in [0.29, 0.717) is 22.8 Å². The van der Waals surface area contributed by atoms with Gasteiger partial charge in [0.25, 0.3) is 0 Å². The molecule has 20 heavy (non-hydrogen) atoms. The van der Waals surface area contributed by atoms with Crippen molar-refractivity contribution in [3.63, 3.8) is 0 Å². The average molecular weight is 358 g/mol. The molecule has 1 aliphatic heterocycles. The summed E-state index contributed by atoms with van der Waals surface area (Å²) in [5.74, 6) is -0.00164. The van der Waals surface area contributed by atoms with Gasteiger partial charge in [0.05, 0.1) is 11.1 Å². The van der Waals surface area contributed by atoms with Gasteiger partial charge in [-0.3, -0.25) is 0 Å². The van der Waals surface area contributed by atoms with E-state index in [0.717, 1.165) is 10.0 Å². The molecule has 0 spiro atoms. The Morgan fingerprint density at radius 3 is 2.80 bits per heavy atom. The third-order valence-electron chi connectivity index (χ3n) is 3.36. The van der Waals surface area contributed by atoms with E-state index in [-0.39, 0.29) is 11.9 Å². The Bertz CT molecular complexity index is 662. The van der Waals surface area contributed by atoms with E-state index in [1.807, 2.05) is 12.1 Å². The fourth-order valence-corrected chi connectivity index (χ4v) is 2.77. The number of aliphatic hydroxyl groups excluding tert-OH is 1. The molecular weight excluding hydrogens is 347 g/mol. The Kier molecular flexibility index (Phi) is 3.71. The van der Waals surface area contributed by atoms with Gasteiger partial charge in [0.2, 0.25) is 0 Å². The summed E-state index contributed by atoms with van der Waals surface area (Å²) in [4.78, 5) is 0. The number of ether oxygens (including phenoxy) is 1. The summed E-state index contributed by atoms with van der Waals surface area (Å²) in [5, 5.41) is 10.7. The maximum atomic E-state index is 13.3. The Labute approximate surface area is 129 Å². The van der Waals surface area contributed by atoms with Crippen LogP contribution < -0.4 is 4.74 Å². The van der Waals surface area contributed by atoms with Gasteiger partial charge in [-0.05, 0) is 45.8 Å². The molecule has 0 saturated carbocycles. The minimum Gasteiger partial charge on any atom is -0.485 e. The molecular formula is C15H11BrClFO2. The molecule has 0 radical (unpaired) electrons. The summed E-state index contributed by atoms with van der Waals surface area (Å²) < 4.78 is 19.9. The summed E-state index contributed by atoms with van der Waals surface area (Å²) in [6.07, 6.45) is -0.604. The van der Waals surface area contributed by atoms with Crippen LogP contribution in [0.2, 0.25) is 5.02 Å². The van der Waals surface area contributed by atoms with Gasteiger partial charge in [0.15, 0.2) is 0 Å². The second-order valence-electron chi connectivity index (χ2n) is 4.71. The fourth-order valence-electron chi connectivity index (χ4n) is 2.33. The molecule has 0 aliphatic carbocycles. The number of hydrogen-bond donors (Lipinski definition) is 1. The van der Waals surface area contributed by atoms with Crippen LogP contribution in [0.4, 0.5) is 4.39 Å². The molecule has 5 heteroatoms. The molecule has 0 bridgehead atoms. The molecule has 2 atom stereocenters. The maximum Gasteiger partial charge on any atom is 0.128 e. The first-order chi connectivity index (χ1) is 9.54. The van der Waals surface area contributed by atoms with E-state index >= 15 is 0 Å². The predicted octanol–water partition coefficient (Wildman–Crippen LogP) is 4.80. The van der Waals surface area contributed by atoms with Crippen LogP contribution >= 0.6 is 27.5 Å². The number of halogens is 3. The standard InChI is InChI=1S/C15H11BrClFO2/c16-11-4-1-8(5-12(11)17)14-7-13(19)10-3-2-9(18)6-15(10)20-14/h1-6,13-14,19H,7H2. The van der Waals surface area contributed by atoms with E-state index < -0.39 is 6.10 Å². The number of rotatable bonds is 1. The zero-order valence-electron chi connectivity index (χ0n) is 10.3. The number of benzene rings is 2. The summed E-state index contributed by atoms with van der Waals surface area (Å²) >= 11 is 9.40. The Hall–Kier alpha value is -1.10. The number of aliphatic hydroxyl groups is 1. The van der Waals surface area contributed by atoms with E-state index in [1.54, 1.807) is 12.1 Å². The molecule has 3 rings (SSSR count). The molecule has 0 aromatic heterocycles. The van der Waals surface area contributed by atoms with Gasteiger partial charge in [0, 0.05) is 22.5 Å². The van der Waals surface area contributed by atoms with Gasteiger partial charge in [-0.15, -0.1) is 0 Å². The SMILES string of the molecule is OC1CC(c2ccc(Br)c(Cl)c2)Oc2cc(F)ccc21. The topological polar surface area (TPSA) is 29.5 Å². The minimum absolute atomic E-state index is 0.343. The molecule has 1 heterocycles. The first-order valence-electron chi connectivity index (χ1n) is 6.13. The number of hydrogen-bond acceptors (Lipinski definition) is 2. The Morgan fingerprint density at radius 1 is 1.25 bits per heavy atom. The third-order valence-corrected chi connectivity index (χ3v) is 4.59. The van der Waals surface area contributed by atoms with E-state index in [4.69, 9.17) is 16.3 Å². The number of fused-ring (bicyclic) bond motifs is 1. The first-order valence-corrected chi connectivity index (χ1v) is 7.31. The summed E-state index contributed by atoms with van der Waals surface area (Å²) in [6.45, 7) is 0. The second-order valence-corrected chi connectivity index (χ2v) is 5.98. The lowest BCUT2D eigenvalue weighted by atomic mass is 9.95. The van der Waals surface area contributed by atoms with Crippen molar-refractivity contribution < 1.29 is 14.2 Å². The predicted molar refractivity (Wildman–Crippen MR) is 78.5 cm³/mol. The monoisotopic (exact) mass is 356 g/mol. The highest BCUT2D eigenvalue weighted by Crippen LogP contribution is 2.41. The smallest absolute Gasteiger partial charge is 0.128 e. The van der Waals surface area contributed by atoms with E-state index in [1.165, 1.54) is 12.1 Å². The van der Waals surface area contributed by atoms with Crippen LogP contribution in [-0.4, -0.2) is 5.11 Å². The highest BCUT2D eigenvalue weighted by atomic mass is 79.9. The summed E-state index contributed by atoms with van der Waals surface area (Å²) in [6, 6.07) is 9.66. The lowest BCUT2D eigenvalue weighted by molar-refractivity contribution is 0.0654. The van der Waals surface area contributed by atoms with Gasteiger partial charge < -0.3 is 9.84 Å². The molecule has 0 fully saturated rings. The first kappa shape index (κ1) is 13.9. The van der Waals surface area contributed by atoms with Crippen molar-refractivity contribution in [3.8, 4) is 5.75 Å². The lowest BCUT2D eigenvalue weighted by Crippen LogP contribution is -2.19. The van der Waals surface area contributed by atoms with Gasteiger partial charge in [0.1, 0.15) is 17.7 Å². The molecule has 1 N–H and O–H groups in total. The van der Waals surface area contributed by atoms with Gasteiger partial charge in [-0.1, -0.05) is 17.7 Å². The van der Waals surface area contributed by atoms with E-state index in [9.17, 15) is 9.50 Å². The molecule has 2 nitrogen and oxygen atoms in total. The lowest BCUT2D eigenvalue weighted by Gasteiger charge is -2.30. The molecule has 2 aromatic rings. The fraction of sp³-hybridized carbons (Fsp3) is 0.200. The second kappa shape index (κ2) is 5.35. The minimum atomic E-state index is -0.674. The van der Waals surface area contributed by atoms with Crippen molar-refractivity contribution >= 4 is 27.5 Å². The van der Waals surface area contributed by atoms with Crippen LogP contribution in [0, 0.1) is 5.82 Å². The molecule has 0 amide bonds. The molecule has 1 aliphatic rings. The van der Waals surface area contributed by atoms with Crippen LogP contribution in [0.5, 0.6) is 5.75 Å². The highest BCUT2D eigenvalue weighted by molar-refractivity contribution is 9.10. The Balaban J connectivity index is 1.96. The average Bonchev–Trinajstić information content (AvgIpc) is 2.41. The molecule has 2 unspecified atom stereocenters. The van der Waals surface area contributed by atoms with Crippen molar-refractivity contribution in [2.45, 2.75) is 18.6 Å². The largest absolute Gasteiger partial charge is 0.485 e. The van der Waals surface area contributed by atoms with Crippen LogP contribution in [0.3, 0.4) is 0 Å². The van der Waals surface area contributed by atoms with Crippen LogP contribution in [-0.2, 0) is 0 Å². The van der Waals surface area contributed by atoms with Crippen LogP contribution in [0.1, 0.15) is 29.8 Å². The molecule has 104 valence electrons. The van der Waals surface area contributed by atoms with Gasteiger partial charge >= 0.3 is 0 Å².